The van der Waals surface area contributed by atoms with Crippen LogP contribution in [-0.4, -0.2) is 93.9 Å². The van der Waals surface area contributed by atoms with Gasteiger partial charge < -0.3 is 24.7 Å². The number of rotatable bonds is 8. The number of likely N-dealkylation sites (N-methyl/N-ethyl adjacent to an activating group) is 1. The van der Waals surface area contributed by atoms with Crippen molar-refractivity contribution in [2.75, 3.05) is 27.7 Å². The lowest BCUT2D eigenvalue weighted by Gasteiger charge is -2.46. The molecule has 1 aromatic rings. The first-order chi connectivity index (χ1) is 17.0. The average molecular weight is 518 g/mol. The second kappa shape index (κ2) is 10.1. The highest BCUT2D eigenvalue weighted by Gasteiger charge is 2.60. The average Bonchev–Trinajstić information content (AvgIpc) is 3.30. The highest BCUT2D eigenvalue weighted by Crippen LogP contribution is 2.52. The van der Waals surface area contributed by atoms with Gasteiger partial charge in [0.25, 0.3) is 0 Å². The van der Waals surface area contributed by atoms with E-state index >= 15 is 0 Å². The molecule has 6 atom stereocenters. The molecular weight excluding hydrogens is 482 g/mol. The van der Waals surface area contributed by atoms with Crippen LogP contribution in [0, 0.1) is 18.8 Å². The normalized spacial score (nSPS) is 28.7. The van der Waals surface area contributed by atoms with Gasteiger partial charge in [0.15, 0.2) is 0 Å². The van der Waals surface area contributed by atoms with Crippen molar-refractivity contribution < 1.29 is 29.3 Å². The molecule has 9 nitrogen and oxygen atoms in total. The van der Waals surface area contributed by atoms with Crippen LogP contribution in [0.15, 0.2) is 28.8 Å². The minimum absolute atomic E-state index is 0.00444. The zero-order chi connectivity index (χ0) is 26.5. The maximum Gasteiger partial charge on any atom is 0.353 e. The van der Waals surface area contributed by atoms with Crippen molar-refractivity contribution in [3.8, 4) is 5.75 Å². The van der Waals surface area contributed by atoms with Crippen molar-refractivity contribution in [1.82, 2.24) is 14.7 Å². The van der Waals surface area contributed by atoms with Gasteiger partial charge in [-0.1, -0.05) is 24.6 Å². The van der Waals surface area contributed by atoms with Gasteiger partial charge in [0.1, 0.15) is 11.4 Å². The molecule has 3 aliphatic heterocycles. The lowest BCUT2D eigenvalue weighted by atomic mass is 9.79. The highest BCUT2D eigenvalue weighted by molar-refractivity contribution is 8.03. The predicted octanol–water partition coefficient (Wildman–Crippen LogP) is 1.92. The van der Waals surface area contributed by atoms with Gasteiger partial charge >= 0.3 is 5.97 Å². The molecule has 2 N–H and O–H groups in total. The van der Waals surface area contributed by atoms with Gasteiger partial charge in [0.2, 0.25) is 11.8 Å². The fourth-order valence-corrected chi connectivity index (χ4v) is 7.34. The number of aliphatic hydroxyl groups is 1. The van der Waals surface area contributed by atoms with Crippen LogP contribution in [0.2, 0.25) is 0 Å². The number of nitrogens with zero attached hydrogens (tertiary/aromatic N) is 3. The summed E-state index contributed by atoms with van der Waals surface area (Å²) in [6.07, 6.45) is -0.272. The van der Waals surface area contributed by atoms with Crippen molar-refractivity contribution in [1.29, 1.82) is 0 Å². The molecule has 0 spiro atoms. The lowest BCUT2D eigenvalue weighted by molar-refractivity contribution is -0.163. The fraction of sp³-hybridized carbons (Fsp3) is 0.577. The number of thioether (sulfide) groups is 1. The molecule has 0 aliphatic carbocycles. The topological polar surface area (TPSA) is 111 Å². The Hall–Kier alpha value is -2.56. The molecule has 3 aliphatic rings. The standard InChI is InChI=1S/C26H35N3O6S/c1-13-7-8-19(35-6)16(9-13)11-28-12-17(10-18(28)24(31)27(4)5)36-23-14(2)21-20(15(3)30)25(32)29(21)22(23)26(33)34/h7-9,14-15,17-18,20-21,30H,10-12H2,1-6H3,(H,33,34)/t14-,15-,17+,18+,20-,21-/m1/s1. The summed E-state index contributed by atoms with van der Waals surface area (Å²) in [7, 11) is 5.11. The summed E-state index contributed by atoms with van der Waals surface area (Å²) in [5, 5.41) is 20.1. The number of aryl methyl sites for hydroxylation is 1. The first-order valence-electron chi connectivity index (χ1n) is 12.2. The number of carbonyl (C=O) groups is 3. The Kier molecular flexibility index (Phi) is 7.41. The Labute approximate surface area is 216 Å². The Morgan fingerprint density at radius 2 is 2.00 bits per heavy atom. The van der Waals surface area contributed by atoms with Crippen LogP contribution in [0.25, 0.3) is 0 Å². The van der Waals surface area contributed by atoms with E-state index in [4.69, 9.17) is 4.74 Å². The number of carboxylic acid groups (broad SMARTS) is 1. The highest BCUT2D eigenvalue weighted by atomic mass is 32.2. The molecule has 36 heavy (non-hydrogen) atoms. The molecule has 0 saturated carbocycles. The van der Waals surface area contributed by atoms with E-state index in [0.29, 0.717) is 24.4 Å². The summed E-state index contributed by atoms with van der Waals surface area (Å²) >= 11 is 1.46. The van der Waals surface area contributed by atoms with Crippen LogP contribution in [0.5, 0.6) is 5.75 Å². The molecule has 196 valence electrons. The van der Waals surface area contributed by atoms with Crippen LogP contribution in [0.1, 0.15) is 31.4 Å². The number of amides is 2. The molecule has 2 fully saturated rings. The van der Waals surface area contributed by atoms with E-state index in [1.54, 1.807) is 33.0 Å². The molecular formula is C26H35N3O6S. The van der Waals surface area contributed by atoms with E-state index in [9.17, 15) is 24.6 Å². The Morgan fingerprint density at radius 3 is 2.58 bits per heavy atom. The summed E-state index contributed by atoms with van der Waals surface area (Å²) in [5.74, 6) is -1.50. The SMILES string of the molecule is COc1ccc(C)cc1CN1C[C@@H](SC2=C(C(=O)O)N3C(=O)[C@H]([C@@H](C)O)[C@H]3[C@H]2C)C[C@H]1C(=O)N(C)C. The van der Waals surface area contributed by atoms with E-state index in [2.05, 4.69) is 11.0 Å². The van der Waals surface area contributed by atoms with Gasteiger partial charge in [-0.2, -0.15) is 0 Å². The third-order valence-corrected chi connectivity index (χ3v) is 9.00. The molecule has 10 heteroatoms. The van der Waals surface area contributed by atoms with E-state index in [1.807, 2.05) is 26.0 Å². The van der Waals surface area contributed by atoms with Crippen molar-refractivity contribution >= 4 is 29.5 Å². The molecule has 0 radical (unpaired) electrons. The summed E-state index contributed by atoms with van der Waals surface area (Å²) in [6, 6.07) is 5.28. The predicted molar refractivity (Wildman–Crippen MR) is 136 cm³/mol. The first kappa shape index (κ1) is 26.5. The molecule has 1 aromatic carbocycles. The van der Waals surface area contributed by atoms with E-state index in [-0.39, 0.29) is 40.8 Å². The molecule has 2 saturated heterocycles. The number of β-lactam (4-membered cyclic amide) rings is 1. The zero-order valence-corrected chi connectivity index (χ0v) is 22.4. The zero-order valence-electron chi connectivity index (χ0n) is 21.6. The van der Waals surface area contributed by atoms with Gasteiger partial charge in [-0.15, -0.1) is 11.8 Å². The molecule has 0 bridgehead atoms. The molecule has 4 rings (SSSR count). The van der Waals surface area contributed by atoms with Crippen LogP contribution in [-0.2, 0) is 20.9 Å². The van der Waals surface area contributed by atoms with Crippen molar-refractivity contribution in [2.45, 2.75) is 57.2 Å². The summed E-state index contributed by atoms with van der Waals surface area (Å²) in [6.45, 7) is 6.63. The monoisotopic (exact) mass is 517 g/mol. The number of likely N-dealkylation sites (tertiary alicyclic amines) is 1. The number of ether oxygens (including phenoxy) is 1. The number of hydrogen-bond acceptors (Lipinski definition) is 7. The minimum atomic E-state index is -1.13. The summed E-state index contributed by atoms with van der Waals surface area (Å²) in [5.41, 5.74) is 2.12. The minimum Gasteiger partial charge on any atom is -0.496 e. The van der Waals surface area contributed by atoms with Crippen molar-refractivity contribution in [3.63, 3.8) is 0 Å². The molecule has 3 heterocycles. The smallest absolute Gasteiger partial charge is 0.353 e. The van der Waals surface area contributed by atoms with Gasteiger partial charge in [-0.3, -0.25) is 14.5 Å². The third-order valence-electron chi connectivity index (χ3n) is 7.50. The lowest BCUT2D eigenvalue weighted by Crippen LogP contribution is -2.63. The Balaban J connectivity index is 1.60. The second-order valence-corrected chi connectivity index (χ2v) is 11.6. The Morgan fingerprint density at radius 1 is 1.31 bits per heavy atom. The number of carbonyl (C=O) groups excluding carboxylic acids is 2. The number of methoxy groups -OCH3 is 1. The van der Waals surface area contributed by atoms with Crippen LogP contribution >= 0.6 is 11.8 Å². The largest absolute Gasteiger partial charge is 0.496 e. The van der Waals surface area contributed by atoms with E-state index < -0.39 is 18.0 Å². The van der Waals surface area contributed by atoms with Crippen molar-refractivity contribution in [3.05, 3.63) is 39.9 Å². The van der Waals surface area contributed by atoms with Gasteiger partial charge in [-0.05, 0) is 26.3 Å². The summed E-state index contributed by atoms with van der Waals surface area (Å²) in [4.78, 5) is 43.7. The second-order valence-electron chi connectivity index (χ2n) is 10.2. The fourth-order valence-electron chi connectivity index (χ4n) is 5.78. The van der Waals surface area contributed by atoms with Crippen LogP contribution < -0.4 is 4.74 Å². The summed E-state index contributed by atoms with van der Waals surface area (Å²) < 4.78 is 5.55. The van der Waals surface area contributed by atoms with E-state index in [0.717, 1.165) is 16.9 Å². The van der Waals surface area contributed by atoms with Gasteiger partial charge in [0.05, 0.1) is 31.2 Å². The van der Waals surface area contributed by atoms with E-state index in [1.165, 1.54) is 16.7 Å². The third kappa shape index (κ3) is 4.50. The number of carboxylic acids is 1. The first-order valence-corrected chi connectivity index (χ1v) is 13.1. The van der Waals surface area contributed by atoms with Crippen LogP contribution in [0.4, 0.5) is 0 Å². The number of aliphatic hydroxyl groups excluding tert-OH is 1. The molecule has 2 amide bonds. The maximum atomic E-state index is 13.1. The quantitative estimate of drug-likeness (QED) is 0.504. The number of fused-ring (bicyclic) bond motifs is 1. The molecule has 0 unspecified atom stereocenters. The van der Waals surface area contributed by atoms with Crippen LogP contribution in [0.3, 0.4) is 0 Å². The van der Waals surface area contributed by atoms with Gasteiger partial charge in [-0.25, -0.2) is 4.79 Å². The maximum absolute atomic E-state index is 13.1. The molecule has 0 aromatic heterocycles. The van der Waals surface area contributed by atoms with Crippen molar-refractivity contribution in [2.24, 2.45) is 11.8 Å². The number of hydrogen-bond donors (Lipinski definition) is 2. The number of benzene rings is 1. The number of aliphatic carboxylic acids is 1. The Bertz CT molecular complexity index is 1100. The van der Waals surface area contributed by atoms with Gasteiger partial charge in [0, 0.05) is 48.8 Å².